The van der Waals surface area contributed by atoms with Crippen LogP contribution in [0.1, 0.15) is 30.2 Å². The molecular weight excluding hydrogens is 361 g/mol. The van der Waals surface area contributed by atoms with E-state index in [-0.39, 0.29) is 17.8 Å². The summed E-state index contributed by atoms with van der Waals surface area (Å²) in [5.74, 6) is -0.211. The number of hydrogen-bond acceptors (Lipinski definition) is 5. The summed E-state index contributed by atoms with van der Waals surface area (Å²) < 4.78 is 25.6. The van der Waals surface area contributed by atoms with Crippen molar-refractivity contribution in [3.05, 3.63) is 59.9 Å². The molecule has 0 radical (unpaired) electrons. The fourth-order valence-corrected chi connectivity index (χ4v) is 4.06. The summed E-state index contributed by atoms with van der Waals surface area (Å²) in [6.07, 6.45) is 6.17. The summed E-state index contributed by atoms with van der Waals surface area (Å²) in [6.45, 7) is 2.42. The summed E-state index contributed by atoms with van der Waals surface area (Å²) in [5.41, 5.74) is 0.650. The molecule has 2 aliphatic rings. The number of carbonyl (C=O) groups is 1. The highest BCUT2D eigenvalue weighted by Gasteiger charge is 2.44. The Morgan fingerprint density at radius 1 is 1.21 bits per heavy atom. The lowest BCUT2D eigenvalue weighted by atomic mass is 9.73. The lowest BCUT2D eigenvalue weighted by Gasteiger charge is -2.42. The third-order valence-electron chi connectivity index (χ3n) is 5.66. The van der Waals surface area contributed by atoms with E-state index in [1.165, 1.54) is 6.07 Å². The van der Waals surface area contributed by atoms with Gasteiger partial charge in [-0.05, 0) is 30.9 Å². The summed E-state index contributed by atoms with van der Waals surface area (Å²) in [6, 6.07) is 6.70. The third-order valence-corrected chi connectivity index (χ3v) is 5.66. The van der Waals surface area contributed by atoms with E-state index < -0.39 is 5.41 Å². The molecule has 2 aromatic rings. The first-order chi connectivity index (χ1) is 13.7. The van der Waals surface area contributed by atoms with E-state index in [2.05, 4.69) is 9.97 Å². The summed E-state index contributed by atoms with van der Waals surface area (Å²) in [7, 11) is 0. The van der Waals surface area contributed by atoms with Crippen LogP contribution in [-0.4, -0.2) is 53.7 Å². The number of rotatable bonds is 4. The Bertz CT molecular complexity index is 812. The zero-order valence-corrected chi connectivity index (χ0v) is 15.7. The van der Waals surface area contributed by atoms with Gasteiger partial charge in [-0.25, -0.2) is 4.39 Å². The second kappa shape index (κ2) is 8.32. The summed E-state index contributed by atoms with van der Waals surface area (Å²) in [5, 5.41) is 0. The van der Waals surface area contributed by atoms with Crippen LogP contribution in [0.5, 0.6) is 0 Å². The molecule has 6 nitrogen and oxygen atoms in total. The van der Waals surface area contributed by atoms with Gasteiger partial charge in [0.15, 0.2) is 0 Å². The number of morpholine rings is 1. The second-order valence-electron chi connectivity index (χ2n) is 7.40. The number of nitrogens with zero attached hydrogens (tertiary/aromatic N) is 3. The highest BCUT2D eigenvalue weighted by atomic mass is 19.1. The quantitative estimate of drug-likeness (QED) is 0.809. The minimum atomic E-state index is -0.648. The normalized spacial score (nSPS) is 22.0. The molecule has 1 atom stereocenters. The van der Waals surface area contributed by atoms with Crippen LogP contribution in [0.3, 0.4) is 0 Å². The smallest absolute Gasteiger partial charge is 0.229 e. The molecule has 2 saturated heterocycles. The SMILES string of the molecule is O=C(N1CCOC(c2cnccn2)C1)C1(Cc2ccccc2F)CCOCC1. The zero-order chi connectivity index (χ0) is 19.4. The molecular formula is C21H24FN3O3. The van der Waals surface area contributed by atoms with Gasteiger partial charge in [-0.1, -0.05) is 18.2 Å². The van der Waals surface area contributed by atoms with Gasteiger partial charge in [-0.15, -0.1) is 0 Å². The van der Waals surface area contributed by atoms with Crippen molar-refractivity contribution >= 4 is 5.91 Å². The van der Waals surface area contributed by atoms with E-state index in [0.717, 1.165) is 5.69 Å². The molecule has 4 rings (SSSR count). The van der Waals surface area contributed by atoms with Crippen LogP contribution in [0.25, 0.3) is 0 Å². The van der Waals surface area contributed by atoms with Crippen molar-refractivity contribution in [2.45, 2.75) is 25.4 Å². The Kier molecular flexibility index (Phi) is 5.64. The summed E-state index contributed by atoms with van der Waals surface area (Å²) >= 11 is 0. The molecule has 0 N–H and O–H groups in total. The van der Waals surface area contributed by atoms with Gasteiger partial charge in [0.05, 0.1) is 30.5 Å². The van der Waals surface area contributed by atoms with Gasteiger partial charge >= 0.3 is 0 Å². The van der Waals surface area contributed by atoms with E-state index in [1.54, 1.807) is 30.7 Å². The molecule has 1 unspecified atom stereocenters. The average Bonchev–Trinajstić information content (AvgIpc) is 2.76. The van der Waals surface area contributed by atoms with Crippen LogP contribution in [0, 0.1) is 11.2 Å². The number of carbonyl (C=O) groups excluding carboxylic acids is 1. The molecule has 1 aromatic carbocycles. The monoisotopic (exact) mass is 385 g/mol. The third kappa shape index (κ3) is 3.91. The molecule has 1 amide bonds. The van der Waals surface area contributed by atoms with E-state index in [0.29, 0.717) is 57.7 Å². The Labute approximate surface area is 163 Å². The van der Waals surface area contributed by atoms with Crippen LogP contribution < -0.4 is 0 Å². The Morgan fingerprint density at radius 3 is 2.79 bits per heavy atom. The number of amides is 1. The Hall–Kier alpha value is -2.38. The largest absolute Gasteiger partial charge is 0.381 e. The maximum atomic E-state index is 14.3. The second-order valence-corrected chi connectivity index (χ2v) is 7.40. The first-order valence-electron chi connectivity index (χ1n) is 9.66. The minimum absolute atomic E-state index is 0.0521. The Morgan fingerprint density at radius 2 is 2.04 bits per heavy atom. The average molecular weight is 385 g/mol. The number of ether oxygens (including phenoxy) is 2. The van der Waals surface area contributed by atoms with Crippen molar-refractivity contribution in [1.29, 1.82) is 0 Å². The predicted octanol–water partition coefficient (Wildman–Crippen LogP) is 2.56. The van der Waals surface area contributed by atoms with E-state index in [1.807, 2.05) is 11.0 Å². The fourth-order valence-electron chi connectivity index (χ4n) is 4.06. The van der Waals surface area contributed by atoms with Crippen molar-refractivity contribution in [3.63, 3.8) is 0 Å². The van der Waals surface area contributed by atoms with Crippen LogP contribution >= 0.6 is 0 Å². The van der Waals surface area contributed by atoms with Gasteiger partial charge in [0.1, 0.15) is 11.9 Å². The first-order valence-corrected chi connectivity index (χ1v) is 9.66. The molecule has 7 heteroatoms. The number of aromatic nitrogens is 2. The van der Waals surface area contributed by atoms with Crippen molar-refractivity contribution in [3.8, 4) is 0 Å². The van der Waals surface area contributed by atoms with Crippen LogP contribution in [0.15, 0.2) is 42.9 Å². The number of benzene rings is 1. The standard InChI is InChI=1S/C21H24FN3O3/c22-17-4-2-1-3-16(17)13-21(5-10-27-11-6-21)20(26)25-9-12-28-19(15-25)18-14-23-7-8-24-18/h1-4,7-8,14,19H,5-6,9-13,15H2. The Balaban J connectivity index is 1.56. The molecule has 148 valence electrons. The topological polar surface area (TPSA) is 64.6 Å². The van der Waals surface area contributed by atoms with E-state index >= 15 is 0 Å². The molecule has 2 fully saturated rings. The van der Waals surface area contributed by atoms with Crippen molar-refractivity contribution < 1.29 is 18.7 Å². The maximum absolute atomic E-state index is 14.3. The van der Waals surface area contributed by atoms with Crippen LogP contribution in [-0.2, 0) is 20.7 Å². The highest BCUT2D eigenvalue weighted by molar-refractivity contribution is 5.83. The molecule has 0 bridgehead atoms. The van der Waals surface area contributed by atoms with Crippen molar-refractivity contribution in [1.82, 2.24) is 14.9 Å². The van der Waals surface area contributed by atoms with Gasteiger partial charge in [-0.3, -0.25) is 14.8 Å². The number of hydrogen-bond donors (Lipinski definition) is 0. The lowest BCUT2D eigenvalue weighted by molar-refractivity contribution is -0.155. The predicted molar refractivity (Wildman–Crippen MR) is 99.9 cm³/mol. The maximum Gasteiger partial charge on any atom is 0.229 e. The van der Waals surface area contributed by atoms with E-state index in [9.17, 15) is 9.18 Å². The van der Waals surface area contributed by atoms with Crippen molar-refractivity contribution in [2.75, 3.05) is 32.9 Å². The molecule has 0 aliphatic carbocycles. The fraction of sp³-hybridized carbons (Fsp3) is 0.476. The minimum Gasteiger partial charge on any atom is -0.381 e. The highest BCUT2D eigenvalue weighted by Crippen LogP contribution is 2.38. The molecule has 2 aliphatic heterocycles. The summed E-state index contributed by atoms with van der Waals surface area (Å²) in [4.78, 5) is 23.9. The van der Waals surface area contributed by atoms with E-state index in [4.69, 9.17) is 9.47 Å². The van der Waals surface area contributed by atoms with Gasteiger partial charge in [-0.2, -0.15) is 0 Å². The molecule has 0 saturated carbocycles. The zero-order valence-electron chi connectivity index (χ0n) is 15.7. The van der Waals surface area contributed by atoms with Gasteiger partial charge in [0.25, 0.3) is 0 Å². The van der Waals surface area contributed by atoms with Crippen LogP contribution in [0.4, 0.5) is 4.39 Å². The number of halogens is 1. The first kappa shape index (κ1) is 19.0. The molecule has 0 spiro atoms. The molecule has 28 heavy (non-hydrogen) atoms. The molecule has 1 aromatic heterocycles. The lowest BCUT2D eigenvalue weighted by Crippen LogP contribution is -2.52. The van der Waals surface area contributed by atoms with Gasteiger partial charge in [0.2, 0.25) is 5.91 Å². The van der Waals surface area contributed by atoms with Gasteiger partial charge < -0.3 is 14.4 Å². The van der Waals surface area contributed by atoms with Gasteiger partial charge in [0, 0.05) is 32.2 Å². The van der Waals surface area contributed by atoms with Crippen LogP contribution in [0.2, 0.25) is 0 Å². The van der Waals surface area contributed by atoms with Crippen molar-refractivity contribution in [2.24, 2.45) is 5.41 Å². The molecule has 3 heterocycles.